The molecule has 1 heterocycles. The van der Waals surface area contributed by atoms with Crippen LogP contribution < -0.4 is 5.73 Å². The van der Waals surface area contributed by atoms with Gasteiger partial charge in [0.15, 0.2) is 0 Å². The molecule has 1 rings (SSSR count). The largest absolute Gasteiger partial charge is 0.397 e. The first-order valence-corrected chi connectivity index (χ1v) is 3.38. The van der Waals surface area contributed by atoms with Gasteiger partial charge in [-0.25, -0.2) is 0 Å². The summed E-state index contributed by atoms with van der Waals surface area (Å²) in [6, 6.07) is 2.96. The highest BCUT2D eigenvalue weighted by molar-refractivity contribution is 6.42. The van der Waals surface area contributed by atoms with Crippen LogP contribution in [-0.2, 0) is 4.79 Å². The molecule has 0 saturated heterocycles. The normalized spacial score (nSPS) is 9.42. The van der Waals surface area contributed by atoms with Gasteiger partial charge in [-0.15, -0.1) is 0 Å². The van der Waals surface area contributed by atoms with Crippen molar-refractivity contribution in [1.29, 1.82) is 0 Å². The lowest BCUT2D eigenvalue weighted by molar-refractivity contribution is -0.113. The molecule has 0 radical (unpaired) electrons. The Hall–Kier alpha value is -1.71. The lowest BCUT2D eigenvalue weighted by Crippen LogP contribution is -2.11. The Labute approximate surface area is 69.4 Å². The maximum absolute atomic E-state index is 11.0. The van der Waals surface area contributed by atoms with E-state index in [9.17, 15) is 9.59 Å². The standard InChI is InChI=1S/C8H8N2O2/c1-5(11)8(12)7-3-2-6(9)4-10-7/h2-4H,9H2,1H3. The number of ketones is 2. The van der Waals surface area contributed by atoms with E-state index >= 15 is 0 Å². The lowest BCUT2D eigenvalue weighted by Gasteiger charge is -1.95. The first kappa shape index (κ1) is 8.39. The van der Waals surface area contributed by atoms with Gasteiger partial charge in [0.05, 0.1) is 11.9 Å². The van der Waals surface area contributed by atoms with E-state index in [-0.39, 0.29) is 5.69 Å². The molecule has 0 aliphatic rings. The minimum absolute atomic E-state index is 0.136. The molecule has 0 saturated carbocycles. The number of rotatable bonds is 2. The van der Waals surface area contributed by atoms with E-state index in [4.69, 9.17) is 5.73 Å². The van der Waals surface area contributed by atoms with Gasteiger partial charge in [0.2, 0.25) is 11.6 Å². The number of nitrogens with zero attached hydrogens (tertiary/aromatic N) is 1. The Morgan fingerprint density at radius 2 is 2.08 bits per heavy atom. The fourth-order valence-corrected chi connectivity index (χ4v) is 0.720. The third-order valence-electron chi connectivity index (χ3n) is 1.34. The summed E-state index contributed by atoms with van der Waals surface area (Å²) in [5, 5.41) is 0. The predicted octanol–water partition coefficient (Wildman–Crippen LogP) is 0.436. The molecule has 62 valence electrons. The molecule has 0 aliphatic carbocycles. The number of pyridine rings is 1. The van der Waals surface area contributed by atoms with Crippen LogP contribution in [0.5, 0.6) is 0 Å². The predicted molar refractivity (Wildman–Crippen MR) is 43.7 cm³/mol. The first-order valence-electron chi connectivity index (χ1n) is 3.38. The Morgan fingerprint density at radius 3 is 2.50 bits per heavy atom. The van der Waals surface area contributed by atoms with E-state index in [1.54, 1.807) is 0 Å². The van der Waals surface area contributed by atoms with Crippen molar-refractivity contribution in [2.45, 2.75) is 6.92 Å². The molecule has 4 heteroatoms. The Morgan fingerprint density at radius 1 is 1.42 bits per heavy atom. The fourth-order valence-electron chi connectivity index (χ4n) is 0.720. The van der Waals surface area contributed by atoms with Crippen LogP contribution in [0.3, 0.4) is 0 Å². The second kappa shape index (κ2) is 3.13. The lowest BCUT2D eigenvalue weighted by atomic mass is 10.2. The number of nitrogens with two attached hydrogens (primary N) is 1. The van der Waals surface area contributed by atoms with Crippen molar-refractivity contribution in [3.63, 3.8) is 0 Å². The first-order chi connectivity index (χ1) is 5.61. The van der Waals surface area contributed by atoms with E-state index < -0.39 is 11.6 Å². The van der Waals surface area contributed by atoms with E-state index in [1.165, 1.54) is 25.3 Å². The molecule has 0 aliphatic heterocycles. The molecule has 1 aromatic rings. The summed E-state index contributed by atoms with van der Waals surface area (Å²) in [7, 11) is 0. The highest BCUT2D eigenvalue weighted by Crippen LogP contribution is 2.01. The Balaban J connectivity index is 2.98. The van der Waals surface area contributed by atoms with Gasteiger partial charge in [0.1, 0.15) is 5.69 Å². The van der Waals surface area contributed by atoms with Crippen LogP contribution in [-0.4, -0.2) is 16.6 Å². The van der Waals surface area contributed by atoms with E-state index in [0.29, 0.717) is 5.69 Å². The van der Waals surface area contributed by atoms with Crippen LogP contribution >= 0.6 is 0 Å². The second-order valence-corrected chi connectivity index (χ2v) is 2.36. The minimum Gasteiger partial charge on any atom is -0.397 e. The van der Waals surface area contributed by atoms with Crippen molar-refractivity contribution in [2.24, 2.45) is 0 Å². The van der Waals surface area contributed by atoms with Crippen LogP contribution in [0.1, 0.15) is 17.4 Å². The zero-order valence-corrected chi connectivity index (χ0v) is 6.57. The molecule has 0 atom stereocenters. The Bertz CT molecular complexity index is 316. The van der Waals surface area contributed by atoms with Crippen molar-refractivity contribution in [2.75, 3.05) is 5.73 Å². The zero-order chi connectivity index (χ0) is 9.14. The number of aromatic nitrogens is 1. The maximum atomic E-state index is 11.0. The van der Waals surface area contributed by atoms with E-state index in [2.05, 4.69) is 4.98 Å². The van der Waals surface area contributed by atoms with Crippen molar-refractivity contribution in [3.8, 4) is 0 Å². The molecular weight excluding hydrogens is 156 g/mol. The molecule has 2 N–H and O–H groups in total. The molecule has 0 amide bonds. The summed E-state index contributed by atoms with van der Waals surface area (Å²) in [5.74, 6) is -1.11. The number of nitrogen functional groups attached to an aromatic ring is 1. The minimum atomic E-state index is -0.588. The number of anilines is 1. The van der Waals surface area contributed by atoms with Gasteiger partial charge in [0.25, 0.3) is 0 Å². The van der Waals surface area contributed by atoms with Crippen LogP contribution in [0, 0.1) is 0 Å². The van der Waals surface area contributed by atoms with Crippen molar-refractivity contribution >= 4 is 17.3 Å². The monoisotopic (exact) mass is 164 g/mol. The van der Waals surface area contributed by atoms with E-state index in [1.807, 2.05) is 0 Å². The molecule has 0 aromatic carbocycles. The second-order valence-electron chi connectivity index (χ2n) is 2.36. The van der Waals surface area contributed by atoms with Gasteiger partial charge < -0.3 is 5.73 Å². The maximum Gasteiger partial charge on any atom is 0.246 e. The molecule has 0 spiro atoms. The molecule has 12 heavy (non-hydrogen) atoms. The van der Waals surface area contributed by atoms with Gasteiger partial charge in [-0.05, 0) is 12.1 Å². The fraction of sp³-hybridized carbons (Fsp3) is 0.125. The quantitative estimate of drug-likeness (QED) is 0.508. The highest BCUT2D eigenvalue weighted by atomic mass is 16.2. The van der Waals surface area contributed by atoms with Crippen LogP contribution in [0.2, 0.25) is 0 Å². The van der Waals surface area contributed by atoms with Gasteiger partial charge in [-0.3, -0.25) is 14.6 Å². The average Bonchev–Trinajstić information content (AvgIpc) is 2.04. The number of carbonyl (C=O) groups is 2. The van der Waals surface area contributed by atoms with Gasteiger partial charge in [-0.2, -0.15) is 0 Å². The molecule has 0 bridgehead atoms. The zero-order valence-electron chi connectivity index (χ0n) is 6.57. The topological polar surface area (TPSA) is 73.0 Å². The number of hydrogen-bond donors (Lipinski definition) is 1. The van der Waals surface area contributed by atoms with Gasteiger partial charge in [0, 0.05) is 6.92 Å². The molecule has 0 unspecified atom stereocenters. The van der Waals surface area contributed by atoms with Crippen molar-refractivity contribution in [3.05, 3.63) is 24.0 Å². The Kier molecular flexibility index (Phi) is 2.19. The summed E-state index contributed by atoms with van der Waals surface area (Å²) in [6.45, 7) is 1.21. The van der Waals surface area contributed by atoms with Crippen molar-refractivity contribution < 1.29 is 9.59 Å². The summed E-state index contributed by atoms with van der Waals surface area (Å²) in [5.41, 5.74) is 5.95. The molecule has 1 aromatic heterocycles. The third kappa shape index (κ3) is 1.66. The number of Topliss-reactive ketones (excluding diaryl/α,β-unsaturated/α-hetero) is 2. The van der Waals surface area contributed by atoms with Crippen molar-refractivity contribution in [1.82, 2.24) is 4.98 Å². The summed E-state index contributed by atoms with van der Waals surface area (Å²) >= 11 is 0. The van der Waals surface area contributed by atoms with Gasteiger partial charge in [-0.1, -0.05) is 0 Å². The van der Waals surface area contributed by atoms with Crippen LogP contribution in [0.4, 0.5) is 5.69 Å². The summed E-state index contributed by atoms with van der Waals surface area (Å²) < 4.78 is 0. The van der Waals surface area contributed by atoms with Gasteiger partial charge >= 0.3 is 0 Å². The number of hydrogen-bond acceptors (Lipinski definition) is 4. The summed E-state index contributed by atoms with van der Waals surface area (Å²) in [6.07, 6.45) is 1.34. The van der Waals surface area contributed by atoms with Crippen LogP contribution in [0.25, 0.3) is 0 Å². The number of carbonyl (C=O) groups excluding carboxylic acids is 2. The molecule has 0 fully saturated rings. The third-order valence-corrected chi connectivity index (χ3v) is 1.34. The van der Waals surface area contributed by atoms with Crippen LogP contribution in [0.15, 0.2) is 18.3 Å². The van der Waals surface area contributed by atoms with E-state index in [0.717, 1.165) is 0 Å². The molecule has 4 nitrogen and oxygen atoms in total. The summed E-state index contributed by atoms with van der Waals surface area (Å²) in [4.78, 5) is 25.3. The molecular formula is C8H8N2O2. The average molecular weight is 164 g/mol. The smallest absolute Gasteiger partial charge is 0.246 e. The SMILES string of the molecule is CC(=O)C(=O)c1ccc(N)cn1. The highest BCUT2D eigenvalue weighted by Gasteiger charge is 2.11.